The van der Waals surface area contributed by atoms with Crippen LogP contribution in [0.5, 0.6) is 5.75 Å². The molecule has 0 aliphatic heterocycles. The van der Waals surface area contributed by atoms with E-state index in [1.54, 1.807) is 0 Å². The summed E-state index contributed by atoms with van der Waals surface area (Å²) in [5.74, 6) is 0.889. The Morgan fingerprint density at radius 2 is 1.42 bits per heavy atom. The van der Waals surface area contributed by atoms with Crippen molar-refractivity contribution in [2.75, 3.05) is 6.61 Å². The molecule has 0 radical (unpaired) electrons. The molecule has 0 amide bonds. The number of rotatable bonds is 5. The highest BCUT2D eigenvalue weighted by Gasteiger charge is 2.08. The van der Waals surface area contributed by atoms with Gasteiger partial charge >= 0.3 is 0 Å². The molecule has 19 heavy (non-hydrogen) atoms. The van der Waals surface area contributed by atoms with Crippen molar-refractivity contribution >= 4 is 0 Å². The van der Waals surface area contributed by atoms with Gasteiger partial charge in [-0.1, -0.05) is 43.3 Å². The molecule has 1 unspecified atom stereocenters. The Morgan fingerprint density at radius 1 is 0.895 bits per heavy atom. The molecule has 0 bridgehead atoms. The fourth-order valence-electron chi connectivity index (χ4n) is 2.09. The van der Waals surface area contributed by atoms with Crippen LogP contribution in [0.1, 0.15) is 36.6 Å². The molecule has 0 saturated heterocycles. The van der Waals surface area contributed by atoms with E-state index in [1.165, 1.54) is 5.56 Å². The molecule has 0 saturated carbocycles. The van der Waals surface area contributed by atoms with E-state index in [4.69, 9.17) is 10.5 Å². The van der Waals surface area contributed by atoms with Crippen LogP contribution in [-0.2, 0) is 6.42 Å². The Morgan fingerprint density at radius 3 is 1.89 bits per heavy atom. The van der Waals surface area contributed by atoms with Crippen molar-refractivity contribution in [3.8, 4) is 5.75 Å². The first-order chi connectivity index (χ1) is 9.24. The summed E-state index contributed by atoms with van der Waals surface area (Å²) < 4.78 is 5.44. The lowest BCUT2D eigenvalue weighted by molar-refractivity contribution is 0.340. The van der Waals surface area contributed by atoms with Crippen molar-refractivity contribution in [2.24, 2.45) is 5.73 Å². The molecule has 0 spiro atoms. The second-order valence-electron chi connectivity index (χ2n) is 4.57. The molecule has 0 fully saturated rings. The number of hydrogen-bond donors (Lipinski definition) is 1. The highest BCUT2D eigenvalue weighted by Crippen LogP contribution is 2.22. The summed E-state index contributed by atoms with van der Waals surface area (Å²) in [4.78, 5) is 0. The average Bonchev–Trinajstić information content (AvgIpc) is 2.48. The zero-order chi connectivity index (χ0) is 13.7. The van der Waals surface area contributed by atoms with E-state index in [0.29, 0.717) is 6.61 Å². The Bertz CT molecular complexity index is 502. The van der Waals surface area contributed by atoms with Crippen LogP contribution in [0.15, 0.2) is 48.5 Å². The van der Waals surface area contributed by atoms with Gasteiger partial charge in [-0.2, -0.15) is 0 Å². The van der Waals surface area contributed by atoms with Gasteiger partial charge in [0.2, 0.25) is 0 Å². The summed E-state index contributed by atoms with van der Waals surface area (Å²) in [7, 11) is 0. The Balaban J connectivity index is 2.15. The van der Waals surface area contributed by atoms with E-state index in [1.807, 2.05) is 31.2 Å². The predicted molar refractivity (Wildman–Crippen MR) is 79.5 cm³/mol. The number of nitrogens with two attached hydrogens (primary N) is 1. The topological polar surface area (TPSA) is 35.2 Å². The van der Waals surface area contributed by atoms with Crippen LogP contribution in [0, 0.1) is 0 Å². The molecule has 0 heterocycles. The van der Waals surface area contributed by atoms with Crippen molar-refractivity contribution in [2.45, 2.75) is 26.3 Å². The van der Waals surface area contributed by atoms with Crippen LogP contribution < -0.4 is 10.5 Å². The lowest BCUT2D eigenvalue weighted by Crippen LogP contribution is -2.11. The summed E-state index contributed by atoms with van der Waals surface area (Å²) in [6, 6.07) is 16.4. The first-order valence-corrected chi connectivity index (χ1v) is 6.81. The molecule has 0 aromatic heterocycles. The number of hydrogen-bond acceptors (Lipinski definition) is 2. The molecule has 0 aliphatic carbocycles. The van der Waals surface area contributed by atoms with Gasteiger partial charge in [0.1, 0.15) is 5.75 Å². The lowest BCUT2D eigenvalue weighted by Gasteiger charge is -2.14. The summed E-state index contributed by atoms with van der Waals surface area (Å²) in [5, 5.41) is 0. The molecule has 2 N–H and O–H groups in total. The summed E-state index contributed by atoms with van der Waals surface area (Å²) in [6.07, 6.45) is 1.05. The third-order valence-corrected chi connectivity index (χ3v) is 3.30. The highest BCUT2D eigenvalue weighted by molar-refractivity contribution is 5.36. The minimum atomic E-state index is -0.0819. The maximum absolute atomic E-state index is 6.29. The van der Waals surface area contributed by atoms with Crippen LogP contribution in [0.3, 0.4) is 0 Å². The third kappa shape index (κ3) is 3.36. The molecule has 2 aromatic carbocycles. The smallest absolute Gasteiger partial charge is 0.119 e. The van der Waals surface area contributed by atoms with E-state index in [9.17, 15) is 0 Å². The molecule has 2 aromatic rings. The van der Waals surface area contributed by atoms with Crippen LogP contribution in [0.2, 0.25) is 0 Å². The fourth-order valence-corrected chi connectivity index (χ4v) is 2.09. The monoisotopic (exact) mass is 255 g/mol. The second-order valence-corrected chi connectivity index (χ2v) is 4.57. The molecule has 2 heteroatoms. The zero-order valence-electron chi connectivity index (χ0n) is 11.6. The van der Waals surface area contributed by atoms with Crippen molar-refractivity contribution in [3.05, 3.63) is 65.2 Å². The maximum atomic E-state index is 6.29. The van der Waals surface area contributed by atoms with Crippen molar-refractivity contribution < 1.29 is 4.74 Å². The van der Waals surface area contributed by atoms with E-state index in [0.717, 1.165) is 23.3 Å². The van der Waals surface area contributed by atoms with E-state index in [2.05, 4.69) is 31.2 Å². The minimum Gasteiger partial charge on any atom is -0.494 e. The van der Waals surface area contributed by atoms with Gasteiger partial charge < -0.3 is 10.5 Å². The first-order valence-electron chi connectivity index (χ1n) is 6.81. The van der Waals surface area contributed by atoms with Gasteiger partial charge in [-0.25, -0.2) is 0 Å². The van der Waals surface area contributed by atoms with E-state index >= 15 is 0 Å². The van der Waals surface area contributed by atoms with Crippen LogP contribution in [0.25, 0.3) is 0 Å². The van der Waals surface area contributed by atoms with E-state index in [-0.39, 0.29) is 6.04 Å². The number of benzene rings is 2. The summed E-state index contributed by atoms with van der Waals surface area (Å²) >= 11 is 0. The second kappa shape index (κ2) is 6.39. The first kappa shape index (κ1) is 13.6. The van der Waals surface area contributed by atoms with Crippen LogP contribution >= 0.6 is 0 Å². The SMILES string of the molecule is CCOc1ccc(C(N)c2ccc(CC)cc2)cc1. The lowest BCUT2D eigenvalue weighted by atomic mass is 9.98. The molecule has 2 nitrogen and oxygen atoms in total. The van der Waals surface area contributed by atoms with Gasteiger partial charge in [-0.3, -0.25) is 0 Å². The Hall–Kier alpha value is -1.80. The molecule has 2 rings (SSSR count). The van der Waals surface area contributed by atoms with Crippen LogP contribution in [-0.4, -0.2) is 6.61 Å². The van der Waals surface area contributed by atoms with Gasteiger partial charge in [0, 0.05) is 0 Å². The minimum absolute atomic E-state index is 0.0819. The standard InChI is InChI=1S/C17H21NO/c1-3-13-5-7-14(8-6-13)17(18)15-9-11-16(12-10-15)19-4-2/h5-12,17H,3-4,18H2,1-2H3. The Labute approximate surface area is 115 Å². The molecular formula is C17H21NO. The molecule has 100 valence electrons. The van der Waals surface area contributed by atoms with Crippen molar-refractivity contribution in [3.63, 3.8) is 0 Å². The summed E-state index contributed by atoms with van der Waals surface area (Å²) in [5.41, 5.74) is 9.87. The van der Waals surface area contributed by atoms with Crippen molar-refractivity contribution in [1.29, 1.82) is 0 Å². The maximum Gasteiger partial charge on any atom is 0.119 e. The molecule has 1 atom stereocenters. The van der Waals surface area contributed by atoms with E-state index < -0.39 is 0 Å². The largest absolute Gasteiger partial charge is 0.494 e. The van der Waals surface area contributed by atoms with Gasteiger partial charge in [0.25, 0.3) is 0 Å². The van der Waals surface area contributed by atoms with Crippen LogP contribution in [0.4, 0.5) is 0 Å². The third-order valence-electron chi connectivity index (χ3n) is 3.30. The quantitative estimate of drug-likeness (QED) is 0.884. The molecule has 0 aliphatic rings. The average molecular weight is 255 g/mol. The van der Waals surface area contributed by atoms with Gasteiger partial charge in [-0.15, -0.1) is 0 Å². The number of aryl methyl sites for hydroxylation is 1. The summed E-state index contributed by atoms with van der Waals surface area (Å²) in [6.45, 7) is 4.82. The highest BCUT2D eigenvalue weighted by atomic mass is 16.5. The van der Waals surface area contributed by atoms with Gasteiger partial charge in [0.15, 0.2) is 0 Å². The fraction of sp³-hybridized carbons (Fsp3) is 0.294. The Kier molecular flexibility index (Phi) is 4.58. The van der Waals surface area contributed by atoms with Gasteiger partial charge in [-0.05, 0) is 42.2 Å². The van der Waals surface area contributed by atoms with Crippen molar-refractivity contribution in [1.82, 2.24) is 0 Å². The predicted octanol–water partition coefficient (Wildman–Crippen LogP) is 3.70. The zero-order valence-corrected chi connectivity index (χ0v) is 11.6. The molecular weight excluding hydrogens is 234 g/mol. The van der Waals surface area contributed by atoms with Gasteiger partial charge in [0.05, 0.1) is 12.6 Å². The normalized spacial score (nSPS) is 12.2. The number of ether oxygens (including phenoxy) is 1.